The lowest BCUT2D eigenvalue weighted by atomic mass is 10.1. The summed E-state index contributed by atoms with van der Waals surface area (Å²) in [5.74, 6) is -1.91. The van der Waals surface area contributed by atoms with Crippen LogP contribution in [0.5, 0.6) is 0 Å². The number of aromatic nitrogens is 1. The Labute approximate surface area is 206 Å². The van der Waals surface area contributed by atoms with Gasteiger partial charge in [0, 0.05) is 17.1 Å². The van der Waals surface area contributed by atoms with Crippen molar-refractivity contribution in [2.24, 2.45) is 0 Å². The Kier molecular flexibility index (Phi) is 5.85. The molecule has 1 saturated heterocycles. The summed E-state index contributed by atoms with van der Waals surface area (Å²) in [6.45, 7) is 3.38. The average molecular weight is 483 g/mol. The second-order valence-corrected chi connectivity index (χ2v) is 8.60. The predicted octanol–water partition coefficient (Wildman–Crippen LogP) is 4.92. The zero-order valence-electron chi connectivity index (χ0n) is 19.7. The minimum atomic E-state index is -0.710. The van der Waals surface area contributed by atoms with E-state index in [1.807, 2.05) is 38.1 Å². The maximum Gasteiger partial charge on any atom is 0.329 e. The molecule has 1 aromatic heterocycles. The van der Waals surface area contributed by atoms with Crippen LogP contribution in [-0.4, -0.2) is 33.9 Å². The number of benzene rings is 3. The van der Waals surface area contributed by atoms with Crippen LogP contribution in [0.15, 0.2) is 78.5 Å². The first-order chi connectivity index (χ1) is 17.3. The molecule has 4 amide bonds. The van der Waals surface area contributed by atoms with Crippen molar-refractivity contribution in [1.82, 2.24) is 14.8 Å². The number of carbonyl (C=O) groups excluding carboxylic acids is 3. The summed E-state index contributed by atoms with van der Waals surface area (Å²) in [4.78, 5) is 38.5. The molecule has 4 aromatic rings. The van der Waals surface area contributed by atoms with Gasteiger partial charge in [-0.15, -0.1) is 0 Å². The van der Waals surface area contributed by atoms with Crippen molar-refractivity contribution in [3.8, 4) is 5.69 Å². The van der Waals surface area contributed by atoms with Crippen LogP contribution in [0.4, 0.5) is 14.9 Å². The van der Waals surface area contributed by atoms with Gasteiger partial charge in [0.05, 0.1) is 5.69 Å². The van der Waals surface area contributed by atoms with Gasteiger partial charge in [0.15, 0.2) is 0 Å². The smallest absolute Gasteiger partial charge is 0.322 e. The third kappa shape index (κ3) is 4.24. The lowest BCUT2D eigenvalue weighted by molar-refractivity contribution is -0.127. The van der Waals surface area contributed by atoms with Gasteiger partial charge in [0.25, 0.3) is 5.91 Å². The molecule has 36 heavy (non-hydrogen) atoms. The standard InChI is InChI=1S/C28H23FN4O3/c1-17-13-21(18(2)33(17)22-12-11-19-7-3-4-8-20(19)14-22)15-25-27(35)32(28(36)31-25)16-26(34)30-24-10-6-5-9-23(24)29/h3-15H,16H2,1-2H3,(H,30,34)(H,31,36)/b25-15+. The maximum absolute atomic E-state index is 13.8. The number of nitrogens with zero attached hydrogens (tertiary/aromatic N) is 2. The third-order valence-corrected chi connectivity index (χ3v) is 6.17. The number of aryl methyl sites for hydroxylation is 1. The minimum Gasteiger partial charge on any atom is -0.322 e. The number of anilines is 1. The molecule has 3 aromatic carbocycles. The Morgan fingerprint density at radius 2 is 1.69 bits per heavy atom. The van der Waals surface area contributed by atoms with Crippen molar-refractivity contribution in [1.29, 1.82) is 0 Å². The van der Waals surface area contributed by atoms with Gasteiger partial charge in [-0.05, 0) is 66.6 Å². The molecule has 0 saturated carbocycles. The van der Waals surface area contributed by atoms with Gasteiger partial charge in [-0.1, -0.05) is 42.5 Å². The van der Waals surface area contributed by atoms with Crippen LogP contribution in [-0.2, 0) is 9.59 Å². The molecule has 5 rings (SSSR count). The molecule has 8 heteroatoms. The highest BCUT2D eigenvalue weighted by molar-refractivity contribution is 6.16. The largest absolute Gasteiger partial charge is 0.329 e. The highest BCUT2D eigenvalue weighted by atomic mass is 19.1. The highest BCUT2D eigenvalue weighted by Crippen LogP contribution is 2.26. The van der Waals surface area contributed by atoms with Crippen molar-refractivity contribution in [2.45, 2.75) is 13.8 Å². The molecule has 2 N–H and O–H groups in total. The molecule has 0 unspecified atom stereocenters. The third-order valence-electron chi connectivity index (χ3n) is 6.17. The molecule has 0 bridgehead atoms. The predicted molar refractivity (Wildman–Crippen MR) is 136 cm³/mol. The molecule has 0 aliphatic carbocycles. The maximum atomic E-state index is 13.8. The van der Waals surface area contributed by atoms with Gasteiger partial charge in [-0.25, -0.2) is 14.1 Å². The average Bonchev–Trinajstić information content (AvgIpc) is 3.29. The molecular weight excluding hydrogens is 459 g/mol. The van der Waals surface area contributed by atoms with Gasteiger partial charge in [-0.3, -0.25) is 9.59 Å². The van der Waals surface area contributed by atoms with Crippen LogP contribution in [0, 0.1) is 19.7 Å². The van der Waals surface area contributed by atoms with Crippen LogP contribution in [0.3, 0.4) is 0 Å². The lowest BCUT2D eigenvalue weighted by Gasteiger charge is -2.12. The summed E-state index contributed by atoms with van der Waals surface area (Å²) in [5.41, 5.74) is 3.66. The summed E-state index contributed by atoms with van der Waals surface area (Å²) < 4.78 is 15.9. The van der Waals surface area contributed by atoms with Gasteiger partial charge < -0.3 is 15.2 Å². The van der Waals surface area contributed by atoms with Gasteiger partial charge >= 0.3 is 6.03 Å². The van der Waals surface area contributed by atoms with Crippen molar-refractivity contribution >= 4 is 40.4 Å². The molecule has 0 spiro atoms. The molecular formula is C28H23FN4O3. The number of fused-ring (bicyclic) bond motifs is 1. The highest BCUT2D eigenvalue weighted by Gasteiger charge is 2.35. The van der Waals surface area contributed by atoms with Crippen LogP contribution in [0.2, 0.25) is 0 Å². The van der Waals surface area contributed by atoms with Crippen molar-refractivity contribution < 1.29 is 18.8 Å². The number of nitrogens with one attached hydrogen (secondary N) is 2. The zero-order valence-corrected chi connectivity index (χ0v) is 19.7. The van der Waals surface area contributed by atoms with E-state index in [2.05, 4.69) is 39.5 Å². The van der Waals surface area contributed by atoms with E-state index in [4.69, 9.17) is 0 Å². The number of hydrogen-bond acceptors (Lipinski definition) is 3. The van der Waals surface area contributed by atoms with E-state index in [0.29, 0.717) is 0 Å². The molecule has 2 heterocycles. The Hall–Kier alpha value is -4.72. The molecule has 1 aliphatic rings. The SMILES string of the molecule is Cc1cc(/C=C2/NC(=O)N(CC(=O)Nc3ccccc3F)C2=O)c(C)n1-c1ccc2ccccc2c1. The van der Waals surface area contributed by atoms with Crippen LogP contribution >= 0.6 is 0 Å². The number of para-hydroxylation sites is 1. The Morgan fingerprint density at radius 1 is 0.972 bits per heavy atom. The first kappa shape index (κ1) is 23.0. The fourth-order valence-electron chi connectivity index (χ4n) is 4.41. The fourth-order valence-corrected chi connectivity index (χ4v) is 4.41. The Morgan fingerprint density at radius 3 is 2.47 bits per heavy atom. The molecule has 1 fully saturated rings. The first-order valence-corrected chi connectivity index (χ1v) is 11.4. The number of carbonyl (C=O) groups is 3. The Balaban J connectivity index is 1.38. The van der Waals surface area contributed by atoms with Gasteiger partial charge in [-0.2, -0.15) is 0 Å². The van der Waals surface area contributed by atoms with Gasteiger partial charge in [0.2, 0.25) is 5.91 Å². The van der Waals surface area contributed by atoms with Gasteiger partial charge in [0.1, 0.15) is 18.1 Å². The van der Waals surface area contributed by atoms with E-state index in [1.165, 1.54) is 18.2 Å². The summed E-state index contributed by atoms with van der Waals surface area (Å²) in [7, 11) is 0. The lowest BCUT2D eigenvalue weighted by Crippen LogP contribution is -2.38. The number of hydrogen-bond donors (Lipinski definition) is 2. The number of imide groups is 1. The summed E-state index contributed by atoms with van der Waals surface area (Å²) in [6, 6.07) is 21.2. The summed E-state index contributed by atoms with van der Waals surface area (Å²) in [6.07, 6.45) is 1.61. The number of amides is 4. The molecule has 1 aliphatic heterocycles. The second kappa shape index (κ2) is 9.14. The topological polar surface area (TPSA) is 83.4 Å². The van der Waals surface area contributed by atoms with E-state index in [1.54, 1.807) is 12.1 Å². The Bertz CT molecular complexity index is 1570. The van der Waals surface area contributed by atoms with E-state index in [-0.39, 0.29) is 11.4 Å². The van der Waals surface area contributed by atoms with Crippen LogP contribution in [0.25, 0.3) is 22.5 Å². The van der Waals surface area contributed by atoms with Crippen LogP contribution in [0.1, 0.15) is 17.0 Å². The normalized spacial score (nSPS) is 14.5. The van der Waals surface area contributed by atoms with E-state index >= 15 is 0 Å². The summed E-state index contributed by atoms with van der Waals surface area (Å²) in [5, 5.41) is 7.18. The molecule has 0 radical (unpaired) electrons. The van der Waals surface area contributed by atoms with Crippen LogP contribution < -0.4 is 10.6 Å². The monoisotopic (exact) mass is 482 g/mol. The molecule has 7 nitrogen and oxygen atoms in total. The quantitative estimate of drug-likeness (QED) is 0.313. The number of halogens is 1. The summed E-state index contributed by atoms with van der Waals surface area (Å²) >= 11 is 0. The first-order valence-electron chi connectivity index (χ1n) is 11.4. The van der Waals surface area contributed by atoms with Crippen molar-refractivity contribution in [3.05, 3.63) is 101 Å². The van der Waals surface area contributed by atoms with Crippen molar-refractivity contribution in [3.63, 3.8) is 0 Å². The number of urea groups is 1. The molecule has 0 atom stereocenters. The van der Waals surface area contributed by atoms with E-state index in [9.17, 15) is 18.8 Å². The number of rotatable bonds is 5. The zero-order chi connectivity index (χ0) is 25.4. The minimum absolute atomic E-state index is 0.0218. The molecule has 180 valence electrons. The van der Waals surface area contributed by atoms with Crippen molar-refractivity contribution in [2.75, 3.05) is 11.9 Å². The van der Waals surface area contributed by atoms with E-state index in [0.717, 1.165) is 38.3 Å². The second-order valence-electron chi connectivity index (χ2n) is 8.60. The van der Waals surface area contributed by atoms with E-state index < -0.39 is 30.2 Å². The fraction of sp³-hybridized carbons (Fsp3) is 0.107.